The van der Waals surface area contributed by atoms with Crippen LogP contribution in [0.25, 0.3) is 10.9 Å². The molecular weight excluding hydrogens is 374 g/mol. The van der Waals surface area contributed by atoms with E-state index in [1.54, 1.807) is 13.2 Å². The highest BCUT2D eigenvalue weighted by Crippen LogP contribution is 2.25. The molecule has 0 bridgehead atoms. The van der Waals surface area contributed by atoms with Crippen LogP contribution in [0.3, 0.4) is 0 Å². The Labute approximate surface area is 178 Å². The predicted octanol–water partition coefficient (Wildman–Crippen LogP) is 4.02. The summed E-state index contributed by atoms with van der Waals surface area (Å²) < 4.78 is 5.34. The molecule has 1 aromatic heterocycles. The van der Waals surface area contributed by atoms with E-state index in [0.717, 1.165) is 49.8 Å². The molecule has 0 aliphatic carbocycles. The van der Waals surface area contributed by atoms with E-state index in [9.17, 15) is 4.79 Å². The van der Waals surface area contributed by atoms with Crippen molar-refractivity contribution in [2.45, 2.75) is 25.3 Å². The minimum Gasteiger partial charge on any atom is -0.481 e. The van der Waals surface area contributed by atoms with Gasteiger partial charge in [0.15, 0.2) is 0 Å². The van der Waals surface area contributed by atoms with E-state index < -0.39 is 0 Å². The van der Waals surface area contributed by atoms with Gasteiger partial charge in [0, 0.05) is 37.1 Å². The molecule has 5 heteroatoms. The van der Waals surface area contributed by atoms with Gasteiger partial charge in [0.1, 0.15) is 0 Å². The number of para-hydroxylation sites is 1. The lowest BCUT2D eigenvalue weighted by Crippen LogP contribution is -2.49. The minimum atomic E-state index is 0.0630. The van der Waals surface area contributed by atoms with Gasteiger partial charge in [-0.3, -0.25) is 4.79 Å². The summed E-state index contributed by atoms with van der Waals surface area (Å²) in [5.41, 5.74) is 2.81. The summed E-state index contributed by atoms with van der Waals surface area (Å²) in [6.07, 6.45) is 3.16. The molecule has 1 unspecified atom stereocenters. The number of hydrogen-bond acceptors (Lipinski definition) is 4. The summed E-state index contributed by atoms with van der Waals surface area (Å²) in [5, 5.41) is 0.878. The van der Waals surface area contributed by atoms with Crippen LogP contribution >= 0.6 is 0 Å². The van der Waals surface area contributed by atoms with Gasteiger partial charge >= 0.3 is 0 Å². The Hall–Kier alpha value is -2.92. The number of ether oxygens (including phenoxy) is 1. The Morgan fingerprint density at radius 3 is 2.73 bits per heavy atom. The van der Waals surface area contributed by atoms with Gasteiger partial charge in [-0.15, -0.1) is 0 Å². The van der Waals surface area contributed by atoms with Crippen molar-refractivity contribution in [3.8, 4) is 5.88 Å². The summed E-state index contributed by atoms with van der Waals surface area (Å²) >= 11 is 0. The lowest BCUT2D eigenvalue weighted by molar-refractivity contribution is 0.0613. The van der Waals surface area contributed by atoms with Crippen molar-refractivity contribution >= 4 is 16.8 Å². The maximum Gasteiger partial charge on any atom is 0.254 e. The number of benzene rings is 2. The zero-order chi connectivity index (χ0) is 20.9. The Bertz CT molecular complexity index is 1010. The average molecular weight is 404 g/mol. The number of rotatable bonds is 6. The van der Waals surface area contributed by atoms with Crippen LogP contribution in [-0.2, 0) is 6.42 Å². The molecule has 0 saturated carbocycles. The normalized spacial score (nSPS) is 16.8. The van der Waals surface area contributed by atoms with Crippen LogP contribution in [0, 0.1) is 0 Å². The second kappa shape index (κ2) is 9.26. The zero-order valence-electron chi connectivity index (χ0n) is 17.8. The number of fused-ring (bicyclic) bond motifs is 1. The monoisotopic (exact) mass is 403 g/mol. The van der Waals surface area contributed by atoms with Gasteiger partial charge in [-0.1, -0.05) is 48.5 Å². The highest BCUT2D eigenvalue weighted by Gasteiger charge is 2.28. The van der Waals surface area contributed by atoms with E-state index in [1.807, 2.05) is 29.2 Å². The number of likely N-dealkylation sites (tertiary alicyclic amines) is 1. The Balaban J connectivity index is 1.48. The van der Waals surface area contributed by atoms with Crippen molar-refractivity contribution < 1.29 is 9.53 Å². The van der Waals surface area contributed by atoms with Crippen LogP contribution in [0.1, 0.15) is 28.8 Å². The molecule has 2 heterocycles. The molecule has 1 amide bonds. The first-order valence-electron chi connectivity index (χ1n) is 10.6. The topological polar surface area (TPSA) is 45.7 Å². The number of aromatic nitrogens is 1. The van der Waals surface area contributed by atoms with Crippen molar-refractivity contribution in [3.05, 3.63) is 71.8 Å². The maximum absolute atomic E-state index is 13.5. The van der Waals surface area contributed by atoms with E-state index in [0.29, 0.717) is 17.5 Å². The number of hydrogen-bond donors (Lipinski definition) is 0. The first-order valence-corrected chi connectivity index (χ1v) is 10.6. The van der Waals surface area contributed by atoms with E-state index >= 15 is 0 Å². The number of carbonyl (C=O) groups excluding carboxylic acids is 1. The third kappa shape index (κ3) is 4.46. The van der Waals surface area contributed by atoms with E-state index in [-0.39, 0.29) is 5.91 Å². The van der Waals surface area contributed by atoms with Crippen molar-refractivity contribution in [2.24, 2.45) is 0 Å². The van der Waals surface area contributed by atoms with Crippen LogP contribution < -0.4 is 4.74 Å². The summed E-state index contributed by atoms with van der Waals surface area (Å²) in [6, 6.07) is 20.5. The van der Waals surface area contributed by atoms with Crippen molar-refractivity contribution in [1.29, 1.82) is 0 Å². The number of amides is 1. The Kier molecular flexibility index (Phi) is 6.29. The molecule has 0 spiro atoms. The predicted molar refractivity (Wildman–Crippen MR) is 120 cm³/mol. The second-order valence-electron chi connectivity index (χ2n) is 7.99. The lowest BCUT2D eigenvalue weighted by Gasteiger charge is -2.38. The van der Waals surface area contributed by atoms with Crippen LogP contribution in [-0.4, -0.2) is 60.5 Å². The van der Waals surface area contributed by atoms with Gasteiger partial charge in [-0.25, -0.2) is 4.98 Å². The van der Waals surface area contributed by atoms with Crippen molar-refractivity contribution in [3.63, 3.8) is 0 Å². The van der Waals surface area contributed by atoms with E-state index in [1.165, 1.54) is 5.56 Å². The van der Waals surface area contributed by atoms with Gasteiger partial charge < -0.3 is 14.5 Å². The van der Waals surface area contributed by atoms with E-state index in [4.69, 9.17) is 4.74 Å². The fourth-order valence-corrected chi connectivity index (χ4v) is 4.23. The van der Waals surface area contributed by atoms with Gasteiger partial charge in [-0.05, 0) is 37.9 Å². The Morgan fingerprint density at radius 2 is 1.93 bits per heavy atom. The van der Waals surface area contributed by atoms with E-state index in [2.05, 4.69) is 47.3 Å². The standard InChI is InChI=1S/C25H29N3O2/c1-27(16-14-19-9-4-3-5-10-19)20-11-8-15-28(18-20)25(29)22-17-24(30-2)26-23-13-7-6-12-21(22)23/h3-7,9-10,12-13,17,20H,8,11,14-16,18H2,1-2H3. The zero-order valence-corrected chi connectivity index (χ0v) is 17.8. The van der Waals surface area contributed by atoms with Crippen LogP contribution in [0.2, 0.25) is 0 Å². The lowest BCUT2D eigenvalue weighted by atomic mass is 10.0. The molecule has 0 radical (unpaired) electrons. The summed E-state index contributed by atoms with van der Waals surface area (Å²) in [6.45, 7) is 2.53. The molecule has 1 aliphatic heterocycles. The highest BCUT2D eigenvalue weighted by atomic mass is 16.5. The fourth-order valence-electron chi connectivity index (χ4n) is 4.23. The molecule has 4 rings (SSSR count). The maximum atomic E-state index is 13.5. The molecule has 3 aromatic rings. The van der Waals surface area contributed by atoms with Crippen LogP contribution in [0.5, 0.6) is 5.88 Å². The number of piperidine rings is 1. The highest BCUT2D eigenvalue weighted by molar-refractivity contribution is 6.06. The molecule has 156 valence electrons. The summed E-state index contributed by atoms with van der Waals surface area (Å²) in [7, 11) is 3.76. The van der Waals surface area contributed by atoms with Gasteiger partial charge in [0.05, 0.1) is 18.2 Å². The SMILES string of the molecule is COc1cc(C(=O)N2CCCC(N(C)CCc3ccccc3)C2)c2ccccc2n1. The largest absolute Gasteiger partial charge is 0.481 e. The third-order valence-electron chi connectivity index (χ3n) is 6.04. The van der Waals surface area contributed by atoms with Crippen LogP contribution in [0.15, 0.2) is 60.7 Å². The summed E-state index contributed by atoms with van der Waals surface area (Å²) in [4.78, 5) is 22.3. The minimum absolute atomic E-state index is 0.0630. The molecule has 5 nitrogen and oxygen atoms in total. The summed E-state index contributed by atoms with van der Waals surface area (Å²) in [5.74, 6) is 0.540. The van der Waals surface area contributed by atoms with Crippen molar-refractivity contribution in [2.75, 3.05) is 33.8 Å². The molecular formula is C25H29N3O2. The van der Waals surface area contributed by atoms with Crippen molar-refractivity contribution in [1.82, 2.24) is 14.8 Å². The van der Waals surface area contributed by atoms with Gasteiger partial charge in [0.25, 0.3) is 5.91 Å². The smallest absolute Gasteiger partial charge is 0.254 e. The first-order chi connectivity index (χ1) is 14.7. The fraction of sp³-hybridized carbons (Fsp3) is 0.360. The average Bonchev–Trinajstić information content (AvgIpc) is 2.82. The molecule has 1 saturated heterocycles. The number of methoxy groups -OCH3 is 1. The quantitative estimate of drug-likeness (QED) is 0.624. The molecule has 30 heavy (non-hydrogen) atoms. The third-order valence-corrected chi connectivity index (χ3v) is 6.04. The second-order valence-corrected chi connectivity index (χ2v) is 7.99. The molecule has 1 atom stereocenters. The van der Waals surface area contributed by atoms with Gasteiger partial charge in [-0.2, -0.15) is 0 Å². The molecule has 1 aliphatic rings. The number of carbonyl (C=O) groups is 1. The Morgan fingerprint density at radius 1 is 1.17 bits per heavy atom. The molecule has 0 N–H and O–H groups in total. The number of likely N-dealkylation sites (N-methyl/N-ethyl adjacent to an activating group) is 1. The number of pyridine rings is 1. The number of nitrogens with zero attached hydrogens (tertiary/aromatic N) is 3. The molecule has 2 aromatic carbocycles. The van der Waals surface area contributed by atoms with Crippen LogP contribution in [0.4, 0.5) is 0 Å². The first kappa shape index (κ1) is 20.4. The molecule has 1 fully saturated rings. The van der Waals surface area contributed by atoms with Gasteiger partial charge in [0.2, 0.25) is 5.88 Å².